The van der Waals surface area contributed by atoms with E-state index in [1.165, 1.54) is 6.07 Å². The molecule has 0 bridgehead atoms. The maximum atomic E-state index is 12.2. The van der Waals surface area contributed by atoms with Crippen molar-refractivity contribution in [2.75, 3.05) is 12.0 Å². The van der Waals surface area contributed by atoms with Crippen LogP contribution in [0.25, 0.3) is 10.9 Å². The fourth-order valence-corrected chi connectivity index (χ4v) is 2.04. The zero-order valence-electron chi connectivity index (χ0n) is 11.5. The van der Waals surface area contributed by atoms with Crippen molar-refractivity contribution in [3.05, 3.63) is 29.8 Å². The van der Waals surface area contributed by atoms with Crippen molar-refractivity contribution in [2.45, 2.75) is 25.9 Å². The van der Waals surface area contributed by atoms with Crippen molar-refractivity contribution >= 4 is 16.7 Å². The first-order valence-corrected chi connectivity index (χ1v) is 6.53. The molecule has 2 rings (SSSR count). The third kappa shape index (κ3) is 3.98. The number of hydrazine groups is 1. The second-order valence-corrected chi connectivity index (χ2v) is 4.65. The van der Waals surface area contributed by atoms with Gasteiger partial charge in [0.25, 0.3) is 0 Å². The number of nitrogens with one attached hydrogen (secondary N) is 1. The highest BCUT2D eigenvalue weighted by Gasteiger charge is 2.28. The van der Waals surface area contributed by atoms with Gasteiger partial charge in [-0.15, -0.1) is 0 Å². The van der Waals surface area contributed by atoms with Crippen LogP contribution in [-0.2, 0) is 6.42 Å². The van der Waals surface area contributed by atoms with Crippen LogP contribution in [0.1, 0.15) is 18.9 Å². The molecule has 0 amide bonds. The van der Waals surface area contributed by atoms with Gasteiger partial charge in [-0.25, -0.2) is 10.8 Å². The lowest BCUT2D eigenvalue weighted by Crippen LogP contribution is -2.19. The molecule has 0 saturated heterocycles. The van der Waals surface area contributed by atoms with E-state index in [-0.39, 0.29) is 5.75 Å². The standard InChI is InChI=1S/C14H16F3N3O/c1-2-3-9-6-10-7-11(21-8-14(15,16)17)4-5-12(10)19-13(9)20-18/h4-7H,2-3,8,18H2,1H3,(H,19,20). The van der Waals surface area contributed by atoms with Gasteiger partial charge in [0.05, 0.1) is 5.52 Å². The Kier molecular flexibility index (Phi) is 4.52. The maximum absolute atomic E-state index is 12.2. The fraction of sp³-hybridized carbons (Fsp3) is 0.357. The normalized spacial score (nSPS) is 11.7. The molecule has 21 heavy (non-hydrogen) atoms. The topological polar surface area (TPSA) is 60.2 Å². The summed E-state index contributed by atoms with van der Waals surface area (Å²) in [7, 11) is 0. The molecule has 4 nitrogen and oxygen atoms in total. The number of halogens is 3. The van der Waals surface area contributed by atoms with E-state index in [9.17, 15) is 13.2 Å². The summed E-state index contributed by atoms with van der Waals surface area (Å²) in [6.45, 7) is 0.712. The number of aromatic nitrogens is 1. The summed E-state index contributed by atoms with van der Waals surface area (Å²) < 4.78 is 41.2. The van der Waals surface area contributed by atoms with Crippen molar-refractivity contribution in [1.29, 1.82) is 0 Å². The molecule has 0 aliphatic rings. The Hall–Kier alpha value is -2.02. The predicted octanol–water partition coefficient (Wildman–Crippen LogP) is 3.41. The Bertz CT molecular complexity index is 629. The summed E-state index contributed by atoms with van der Waals surface area (Å²) in [5, 5.41) is 0.720. The van der Waals surface area contributed by atoms with Gasteiger partial charge in [0.2, 0.25) is 0 Å². The van der Waals surface area contributed by atoms with Gasteiger partial charge in [-0.2, -0.15) is 13.2 Å². The Morgan fingerprint density at radius 3 is 2.67 bits per heavy atom. The van der Waals surface area contributed by atoms with Crippen LogP contribution >= 0.6 is 0 Å². The van der Waals surface area contributed by atoms with Crippen LogP contribution in [0.5, 0.6) is 5.75 Å². The van der Waals surface area contributed by atoms with Crippen LogP contribution in [0.2, 0.25) is 0 Å². The van der Waals surface area contributed by atoms with E-state index in [4.69, 9.17) is 10.6 Å². The number of benzene rings is 1. The third-order valence-electron chi connectivity index (χ3n) is 2.92. The largest absolute Gasteiger partial charge is 0.484 e. The minimum absolute atomic E-state index is 0.164. The molecular weight excluding hydrogens is 283 g/mol. The molecule has 0 spiro atoms. The SMILES string of the molecule is CCCc1cc2cc(OCC(F)(F)F)ccc2nc1NN. The summed E-state index contributed by atoms with van der Waals surface area (Å²) in [6.07, 6.45) is -2.67. The van der Waals surface area contributed by atoms with Gasteiger partial charge in [0.15, 0.2) is 6.61 Å². The molecule has 7 heteroatoms. The lowest BCUT2D eigenvalue weighted by Gasteiger charge is -2.12. The smallest absolute Gasteiger partial charge is 0.422 e. The summed E-state index contributed by atoms with van der Waals surface area (Å²) in [4.78, 5) is 4.35. The van der Waals surface area contributed by atoms with E-state index in [2.05, 4.69) is 10.4 Å². The van der Waals surface area contributed by atoms with E-state index in [1.807, 2.05) is 13.0 Å². The summed E-state index contributed by atoms with van der Waals surface area (Å²) >= 11 is 0. The van der Waals surface area contributed by atoms with Gasteiger partial charge in [-0.1, -0.05) is 13.3 Å². The number of ether oxygens (including phenoxy) is 1. The van der Waals surface area contributed by atoms with Crippen LogP contribution in [0.4, 0.5) is 19.0 Å². The first-order chi connectivity index (χ1) is 9.93. The highest BCUT2D eigenvalue weighted by molar-refractivity contribution is 5.83. The monoisotopic (exact) mass is 299 g/mol. The summed E-state index contributed by atoms with van der Waals surface area (Å²) in [5.41, 5.74) is 4.10. The Morgan fingerprint density at radius 2 is 2.05 bits per heavy atom. The number of nitrogen functional groups attached to an aromatic ring is 1. The van der Waals surface area contributed by atoms with Crippen LogP contribution < -0.4 is 16.0 Å². The van der Waals surface area contributed by atoms with E-state index < -0.39 is 12.8 Å². The zero-order valence-corrected chi connectivity index (χ0v) is 11.5. The number of hydrogen-bond donors (Lipinski definition) is 2. The number of hydrogen-bond acceptors (Lipinski definition) is 4. The van der Waals surface area contributed by atoms with Crippen LogP contribution in [0, 0.1) is 0 Å². The van der Waals surface area contributed by atoms with Crippen LogP contribution in [0.15, 0.2) is 24.3 Å². The van der Waals surface area contributed by atoms with Crippen molar-refractivity contribution < 1.29 is 17.9 Å². The highest BCUT2D eigenvalue weighted by Crippen LogP contribution is 2.26. The number of anilines is 1. The van der Waals surface area contributed by atoms with Gasteiger partial charge in [-0.3, -0.25) is 0 Å². The second-order valence-electron chi connectivity index (χ2n) is 4.65. The first-order valence-electron chi connectivity index (χ1n) is 6.53. The molecule has 1 aromatic carbocycles. The molecule has 2 aromatic rings. The minimum Gasteiger partial charge on any atom is -0.484 e. The average Bonchev–Trinajstić information content (AvgIpc) is 2.43. The fourth-order valence-electron chi connectivity index (χ4n) is 2.04. The van der Waals surface area contributed by atoms with Crippen molar-refractivity contribution in [3.63, 3.8) is 0 Å². The number of aryl methyl sites for hydroxylation is 1. The molecule has 0 atom stereocenters. The summed E-state index contributed by atoms with van der Waals surface area (Å²) in [6, 6.07) is 6.48. The molecule has 114 valence electrons. The molecule has 0 aliphatic carbocycles. The predicted molar refractivity (Wildman–Crippen MR) is 75.1 cm³/mol. The van der Waals surface area contributed by atoms with Crippen LogP contribution in [0.3, 0.4) is 0 Å². The average molecular weight is 299 g/mol. The van der Waals surface area contributed by atoms with Gasteiger partial charge in [0.1, 0.15) is 11.6 Å². The number of fused-ring (bicyclic) bond motifs is 1. The number of nitrogens with two attached hydrogens (primary N) is 1. The number of rotatable bonds is 5. The lowest BCUT2D eigenvalue weighted by molar-refractivity contribution is -0.153. The van der Waals surface area contributed by atoms with E-state index in [0.29, 0.717) is 11.3 Å². The Balaban J connectivity index is 2.33. The van der Waals surface area contributed by atoms with E-state index in [1.54, 1.807) is 12.1 Å². The van der Waals surface area contributed by atoms with Gasteiger partial charge >= 0.3 is 6.18 Å². The van der Waals surface area contributed by atoms with Gasteiger partial charge in [-0.05, 0) is 36.2 Å². The maximum Gasteiger partial charge on any atom is 0.422 e. The second kappa shape index (κ2) is 6.17. The molecule has 0 fully saturated rings. The van der Waals surface area contributed by atoms with Crippen molar-refractivity contribution in [1.82, 2.24) is 4.98 Å². The molecule has 1 heterocycles. The van der Waals surface area contributed by atoms with Crippen LogP contribution in [-0.4, -0.2) is 17.8 Å². The first kappa shape index (κ1) is 15.4. The Labute approximate surface area is 120 Å². The quantitative estimate of drug-likeness (QED) is 0.656. The van der Waals surface area contributed by atoms with Gasteiger partial charge in [0, 0.05) is 5.39 Å². The number of nitrogens with zero attached hydrogens (tertiary/aromatic N) is 1. The van der Waals surface area contributed by atoms with Crippen molar-refractivity contribution in [2.24, 2.45) is 5.84 Å². The number of alkyl halides is 3. The molecule has 0 radical (unpaired) electrons. The van der Waals surface area contributed by atoms with Crippen molar-refractivity contribution in [3.8, 4) is 5.75 Å². The zero-order chi connectivity index (χ0) is 15.5. The third-order valence-corrected chi connectivity index (χ3v) is 2.92. The van der Waals surface area contributed by atoms with Gasteiger partial charge < -0.3 is 10.2 Å². The van der Waals surface area contributed by atoms with E-state index >= 15 is 0 Å². The summed E-state index contributed by atoms with van der Waals surface area (Å²) in [5.74, 6) is 6.18. The molecule has 0 unspecified atom stereocenters. The lowest BCUT2D eigenvalue weighted by atomic mass is 10.1. The molecular formula is C14H16F3N3O. The molecule has 3 N–H and O–H groups in total. The number of pyridine rings is 1. The Morgan fingerprint density at radius 1 is 1.29 bits per heavy atom. The highest BCUT2D eigenvalue weighted by atomic mass is 19.4. The molecule has 0 saturated carbocycles. The molecule has 0 aliphatic heterocycles. The minimum atomic E-state index is -4.35. The van der Waals surface area contributed by atoms with E-state index in [0.717, 1.165) is 23.8 Å². The molecule has 1 aromatic heterocycles.